The normalized spacial score (nSPS) is 11.8. The van der Waals surface area contributed by atoms with E-state index in [0.717, 1.165) is 35.8 Å². The lowest BCUT2D eigenvalue weighted by atomic mass is 10.1. The summed E-state index contributed by atoms with van der Waals surface area (Å²) < 4.78 is 84.9. The molecule has 17 nitrogen and oxygen atoms in total. The minimum absolute atomic E-state index is 0.0212. The number of carbonyl (C=O) groups excluding carboxylic acids is 4. The van der Waals surface area contributed by atoms with Crippen LogP contribution in [0.5, 0.6) is 0 Å². The number of carbonyl (C=O) groups is 4. The maximum atomic E-state index is 14.2. The molecule has 0 saturated carbocycles. The molecule has 0 saturated heterocycles. The van der Waals surface area contributed by atoms with Crippen molar-refractivity contribution in [2.45, 2.75) is 67.6 Å². The van der Waals surface area contributed by atoms with Crippen molar-refractivity contribution in [1.82, 2.24) is 0 Å². The van der Waals surface area contributed by atoms with Gasteiger partial charge < -0.3 is 55.7 Å². The first-order valence-corrected chi connectivity index (χ1v) is 21.0. The summed E-state index contributed by atoms with van der Waals surface area (Å²) in [6.07, 6.45) is -6.69. The second kappa shape index (κ2) is 26.0. The van der Waals surface area contributed by atoms with Crippen molar-refractivity contribution < 1.29 is 45.5 Å². The predicted octanol–water partition coefficient (Wildman–Crippen LogP) is 4.70. The van der Waals surface area contributed by atoms with Gasteiger partial charge in [-0.1, -0.05) is 6.58 Å². The smallest absolute Gasteiger partial charge is 0.370 e. The van der Waals surface area contributed by atoms with Gasteiger partial charge in [0.05, 0.1) is 43.7 Å². The van der Waals surface area contributed by atoms with Gasteiger partial charge in [-0.2, -0.15) is 26.3 Å². The first-order valence-electron chi connectivity index (χ1n) is 19.0. The number of thioether (sulfide) groups is 2. The second-order valence-corrected chi connectivity index (χ2v) is 15.3. The highest BCUT2D eigenvalue weighted by molar-refractivity contribution is 7.99. The molecule has 0 aliphatic rings. The number of hydrogen-bond acceptors (Lipinski definition) is 11. The van der Waals surface area contributed by atoms with Gasteiger partial charge in [-0.05, 0) is 62.9 Å². The van der Waals surface area contributed by atoms with Gasteiger partial charge >= 0.3 is 12.4 Å². The van der Waals surface area contributed by atoms with E-state index in [-0.39, 0.29) is 89.3 Å². The lowest BCUT2D eigenvalue weighted by Gasteiger charge is -2.20. The van der Waals surface area contributed by atoms with Crippen LogP contribution in [0.1, 0.15) is 56.6 Å². The van der Waals surface area contributed by atoms with Gasteiger partial charge in [0.25, 0.3) is 11.8 Å². The average Bonchev–Trinajstić information content (AvgIpc) is 3.18. The summed E-state index contributed by atoms with van der Waals surface area (Å²) in [6, 6.07) is 2.71. The number of unbranched alkanes of at least 4 members (excludes halogenated alkanes) is 2. The third-order valence-corrected chi connectivity index (χ3v) is 10.3. The van der Waals surface area contributed by atoms with E-state index < -0.39 is 64.1 Å². The molecule has 0 aliphatic carbocycles. The van der Waals surface area contributed by atoms with Crippen LogP contribution in [0.2, 0.25) is 0 Å². The van der Waals surface area contributed by atoms with Gasteiger partial charge in [-0.15, -0.1) is 23.5 Å². The fourth-order valence-corrected chi connectivity index (χ4v) is 6.85. The Balaban J connectivity index is 2.52. The maximum Gasteiger partial charge on any atom is 0.416 e. The molecule has 63 heavy (non-hydrogen) atoms. The summed E-state index contributed by atoms with van der Waals surface area (Å²) in [5.74, 6) is -3.50. The van der Waals surface area contributed by atoms with Crippen LogP contribution < -0.4 is 55.7 Å². The molecule has 2 aromatic rings. The third-order valence-electron chi connectivity index (χ3n) is 7.92. The van der Waals surface area contributed by atoms with E-state index in [4.69, 9.17) is 34.4 Å². The molecule has 2 rings (SSSR count). The van der Waals surface area contributed by atoms with E-state index in [9.17, 15) is 45.5 Å². The number of alkyl halides is 6. The highest BCUT2D eigenvalue weighted by atomic mass is 32.2. The lowest BCUT2D eigenvalue weighted by molar-refractivity contribution is -0.138. The van der Waals surface area contributed by atoms with Gasteiger partial charge in [-0.25, -0.2) is 0 Å². The Morgan fingerprint density at radius 2 is 1.03 bits per heavy atom. The summed E-state index contributed by atoms with van der Waals surface area (Å²) in [5.41, 5.74) is 27.7. The van der Waals surface area contributed by atoms with Crippen molar-refractivity contribution in [3.05, 3.63) is 59.3 Å². The van der Waals surface area contributed by atoms with E-state index in [1.807, 2.05) is 0 Å². The molecule has 0 atom stereocenters. The number of amides is 4. The van der Waals surface area contributed by atoms with Crippen LogP contribution in [0.3, 0.4) is 0 Å². The molecule has 0 aromatic heterocycles. The van der Waals surface area contributed by atoms with E-state index in [2.05, 4.69) is 42.8 Å². The van der Waals surface area contributed by atoms with Crippen LogP contribution in [0, 0.1) is 0 Å². The Morgan fingerprint density at radius 3 is 1.38 bits per heavy atom. The number of guanidine groups is 2. The van der Waals surface area contributed by atoms with Gasteiger partial charge in [0, 0.05) is 62.3 Å². The molecule has 0 radical (unpaired) electrons. The van der Waals surface area contributed by atoms with Crippen LogP contribution in [-0.4, -0.2) is 79.4 Å². The molecule has 16 N–H and O–H groups in total. The highest BCUT2D eigenvalue weighted by Crippen LogP contribution is 2.43. The summed E-state index contributed by atoms with van der Waals surface area (Å²) in [4.78, 5) is 64.6. The molecule has 0 fully saturated rings. The van der Waals surface area contributed by atoms with Crippen molar-refractivity contribution in [1.29, 1.82) is 0 Å². The molecular weight excluding hydrogens is 881 g/mol. The van der Waals surface area contributed by atoms with Gasteiger partial charge in [0.1, 0.15) is 5.70 Å². The minimum atomic E-state index is -4.94. The molecule has 25 heteroatoms. The van der Waals surface area contributed by atoms with Gasteiger partial charge in [-0.3, -0.25) is 34.2 Å². The van der Waals surface area contributed by atoms with Crippen molar-refractivity contribution >= 4 is 88.0 Å². The van der Waals surface area contributed by atoms with Crippen LogP contribution in [0.25, 0.3) is 0 Å². The quantitative estimate of drug-likeness (QED) is 0.0130. The Hall–Kier alpha value is -5.79. The number of rotatable bonds is 24. The predicted molar refractivity (Wildman–Crippen MR) is 237 cm³/mol. The summed E-state index contributed by atoms with van der Waals surface area (Å²) in [7, 11) is 0. The molecular formula is C38H51F6N13O4S2. The zero-order chi connectivity index (χ0) is 47.3. The Kier molecular flexibility index (Phi) is 22.0. The lowest BCUT2D eigenvalue weighted by Crippen LogP contribution is -2.23. The van der Waals surface area contributed by atoms with Gasteiger partial charge in [0.2, 0.25) is 11.8 Å². The number of benzene rings is 2. The van der Waals surface area contributed by atoms with Crippen molar-refractivity contribution in [2.24, 2.45) is 49.4 Å². The average molecular weight is 932 g/mol. The standard InChI is InChI=1S/C38H51F6N13O4S2/c1-3-51-28(34(61)57-27-20-23(38(42,43)44)18-25(32(27)63-15-11-46)55-30(59)9-5-7-13-53-36(49)50)16-21(2)33(60)56-26-19-22(37(39,40)41)17-24(31(26)62-14-10-45)54-29(58)8-4-6-12-52-35(47)48/h3,16-20H,2,4-15,45-46H2,1H3,(H,54,58)(H,55,59)(H,56,60)(H,57,61)(H4,47,48,52)(H4,49,50,53)/b28-16-,51-3?. The maximum absolute atomic E-state index is 14.2. The topological polar surface area (TPSA) is 310 Å². The second-order valence-electron chi connectivity index (χ2n) is 13.0. The minimum Gasteiger partial charge on any atom is -0.370 e. The summed E-state index contributed by atoms with van der Waals surface area (Å²) in [6.45, 7) is 5.60. The first-order chi connectivity index (χ1) is 29.6. The molecule has 0 unspecified atom stereocenters. The van der Waals surface area contributed by atoms with Crippen molar-refractivity contribution in [3.8, 4) is 0 Å². The number of anilines is 4. The Bertz CT molecular complexity index is 2070. The van der Waals surface area contributed by atoms with Gasteiger partial charge in [0.15, 0.2) is 11.9 Å². The SMILES string of the molecule is C=C(/C=C(\N=CC)C(=O)Nc1cc(C(F)(F)F)cc(NC(=O)CCCCN=C(N)N)c1SCCN)C(=O)Nc1cc(C(F)(F)F)cc(NC(=O)CCCCN=C(N)N)c1SCCN. The largest absolute Gasteiger partial charge is 0.416 e. The van der Waals surface area contributed by atoms with E-state index in [1.54, 1.807) is 0 Å². The fraction of sp³-hybridized carbons (Fsp3) is 0.395. The Morgan fingerprint density at radius 1 is 0.651 bits per heavy atom. The van der Waals surface area contributed by atoms with Crippen LogP contribution in [0.4, 0.5) is 49.1 Å². The zero-order valence-corrected chi connectivity index (χ0v) is 35.8. The fourth-order valence-electron chi connectivity index (χ4n) is 5.15. The van der Waals surface area contributed by atoms with E-state index >= 15 is 0 Å². The Labute approximate surface area is 367 Å². The molecule has 346 valence electrons. The summed E-state index contributed by atoms with van der Waals surface area (Å²) in [5, 5.41) is 9.64. The molecule has 0 aliphatic heterocycles. The highest BCUT2D eigenvalue weighted by Gasteiger charge is 2.34. The third kappa shape index (κ3) is 19.0. The number of nitrogens with one attached hydrogen (secondary N) is 4. The first kappa shape index (κ1) is 53.3. The zero-order valence-electron chi connectivity index (χ0n) is 34.2. The molecule has 0 heterocycles. The van der Waals surface area contributed by atoms with Crippen LogP contribution in [0.15, 0.2) is 73.0 Å². The van der Waals surface area contributed by atoms with Crippen molar-refractivity contribution in [3.63, 3.8) is 0 Å². The van der Waals surface area contributed by atoms with Crippen LogP contribution >= 0.6 is 23.5 Å². The number of halogens is 6. The summed E-state index contributed by atoms with van der Waals surface area (Å²) >= 11 is 1.89. The number of nitrogens with zero attached hydrogens (tertiary/aromatic N) is 3. The molecule has 2 aromatic carbocycles. The van der Waals surface area contributed by atoms with Crippen LogP contribution in [-0.2, 0) is 31.5 Å². The van der Waals surface area contributed by atoms with Crippen molar-refractivity contribution in [2.75, 3.05) is 59.0 Å². The molecule has 4 amide bonds. The number of hydrogen-bond donors (Lipinski definition) is 10. The molecule has 0 bridgehead atoms. The number of aliphatic imine (C=N–C) groups is 3. The van der Waals surface area contributed by atoms with E-state index in [0.29, 0.717) is 49.9 Å². The van der Waals surface area contributed by atoms with E-state index in [1.165, 1.54) is 6.92 Å². The monoisotopic (exact) mass is 931 g/mol. The molecule has 0 spiro atoms. The number of nitrogens with two attached hydrogens (primary N) is 6.